The summed E-state index contributed by atoms with van der Waals surface area (Å²) in [4.78, 5) is 22.4. The number of aryl methyl sites for hydroxylation is 1. The molecule has 2 aromatic rings. The van der Waals surface area contributed by atoms with Crippen LogP contribution in [0.3, 0.4) is 0 Å². The minimum absolute atomic E-state index is 0.150. The summed E-state index contributed by atoms with van der Waals surface area (Å²) in [5.74, 6) is 0.198. The van der Waals surface area contributed by atoms with E-state index in [1.54, 1.807) is 6.20 Å². The minimum Gasteiger partial charge on any atom is -0.348 e. The molecule has 5 nitrogen and oxygen atoms in total. The zero-order valence-corrected chi connectivity index (χ0v) is 11.6. The Balaban J connectivity index is 1.64. The van der Waals surface area contributed by atoms with Crippen molar-refractivity contribution < 1.29 is 4.79 Å². The fourth-order valence-electron chi connectivity index (χ4n) is 2.76. The molecule has 0 fully saturated rings. The highest BCUT2D eigenvalue weighted by atomic mass is 16.2. The van der Waals surface area contributed by atoms with Gasteiger partial charge in [0.1, 0.15) is 6.33 Å². The molecule has 0 unspecified atom stereocenters. The van der Waals surface area contributed by atoms with E-state index < -0.39 is 0 Å². The molecule has 0 saturated carbocycles. The maximum Gasteiger partial charge on any atom is 0.223 e. The van der Waals surface area contributed by atoms with Gasteiger partial charge in [0.05, 0.1) is 6.04 Å². The smallest absolute Gasteiger partial charge is 0.223 e. The first-order valence-electron chi connectivity index (χ1n) is 6.95. The molecule has 0 aromatic carbocycles. The lowest BCUT2D eigenvalue weighted by Gasteiger charge is -2.35. The number of fused-ring (bicyclic) bond motifs is 1. The van der Waals surface area contributed by atoms with Gasteiger partial charge in [-0.3, -0.25) is 4.79 Å². The molecule has 5 heteroatoms. The Labute approximate surface area is 118 Å². The number of amides is 1. The first-order chi connectivity index (χ1) is 9.75. The van der Waals surface area contributed by atoms with E-state index in [9.17, 15) is 4.79 Å². The summed E-state index contributed by atoms with van der Waals surface area (Å²) in [6.45, 7) is 3.75. The zero-order chi connectivity index (χ0) is 13.9. The van der Waals surface area contributed by atoms with E-state index >= 15 is 0 Å². The van der Waals surface area contributed by atoms with Crippen LogP contribution in [0.15, 0.2) is 36.9 Å². The highest BCUT2D eigenvalue weighted by molar-refractivity contribution is 5.77. The minimum atomic E-state index is 0.150. The van der Waals surface area contributed by atoms with Gasteiger partial charge in [-0.25, -0.2) is 9.97 Å². The van der Waals surface area contributed by atoms with Crippen molar-refractivity contribution in [3.63, 3.8) is 0 Å². The predicted octanol–water partition coefficient (Wildman–Crippen LogP) is 1.81. The van der Waals surface area contributed by atoms with Crippen LogP contribution in [0.1, 0.15) is 30.8 Å². The standard InChI is InChI=1S/C15H18N4O/c1-12-14-3-2-8-18(14)9-10-19(12)15(20)5-4-13-6-7-16-11-17-13/h2-3,6-8,11-12H,4-5,9-10H2,1H3/t12-/m0/s1. The SMILES string of the molecule is C[C@H]1c2cccn2CCN1C(=O)CCc1ccncn1. The monoisotopic (exact) mass is 270 g/mol. The van der Waals surface area contributed by atoms with Crippen molar-refractivity contribution in [3.05, 3.63) is 48.3 Å². The van der Waals surface area contributed by atoms with Gasteiger partial charge in [0.15, 0.2) is 0 Å². The van der Waals surface area contributed by atoms with Crippen molar-refractivity contribution in [1.82, 2.24) is 19.4 Å². The second-order valence-electron chi connectivity index (χ2n) is 5.09. The number of hydrogen-bond donors (Lipinski definition) is 0. The largest absolute Gasteiger partial charge is 0.348 e. The highest BCUT2D eigenvalue weighted by Gasteiger charge is 2.26. The van der Waals surface area contributed by atoms with Gasteiger partial charge in [0.25, 0.3) is 0 Å². The molecule has 0 saturated heterocycles. The summed E-state index contributed by atoms with van der Waals surface area (Å²) in [5.41, 5.74) is 2.13. The van der Waals surface area contributed by atoms with Crippen LogP contribution < -0.4 is 0 Å². The van der Waals surface area contributed by atoms with E-state index in [2.05, 4.69) is 33.7 Å². The molecule has 0 spiro atoms. The Hall–Kier alpha value is -2.17. The highest BCUT2D eigenvalue weighted by Crippen LogP contribution is 2.25. The van der Waals surface area contributed by atoms with Crippen molar-refractivity contribution in [2.24, 2.45) is 0 Å². The van der Waals surface area contributed by atoms with E-state index in [0.29, 0.717) is 12.8 Å². The van der Waals surface area contributed by atoms with Crippen LogP contribution in [-0.2, 0) is 17.8 Å². The maximum atomic E-state index is 12.4. The van der Waals surface area contributed by atoms with Crippen molar-refractivity contribution in [3.8, 4) is 0 Å². The van der Waals surface area contributed by atoms with Gasteiger partial charge in [-0.15, -0.1) is 0 Å². The molecule has 1 atom stereocenters. The van der Waals surface area contributed by atoms with E-state index in [4.69, 9.17) is 0 Å². The van der Waals surface area contributed by atoms with Crippen molar-refractivity contribution in [2.75, 3.05) is 6.54 Å². The molecule has 0 N–H and O–H groups in total. The van der Waals surface area contributed by atoms with E-state index in [0.717, 1.165) is 18.8 Å². The topological polar surface area (TPSA) is 51.0 Å². The first-order valence-corrected chi connectivity index (χ1v) is 6.95. The van der Waals surface area contributed by atoms with Crippen LogP contribution in [0, 0.1) is 0 Å². The van der Waals surface area contributed by atoms with Crippen LogP contribution in [-0.4, -0.2) is 31.9 Å². The lowest BCUT2D eigenvalue weighted by atomic mass is 10.1. The molecule has 0 bridgehead atoms. The van der Waals surface area contributed by atoms with Crippen LogP contribution in [0.25, 0.3) is 0 Å². The van der Waals surface area contributed by atoms with Crippen LogP contribution in [0.2, 0.25) is 0 Å². The van der Waals surface area contributed by atoms with Gasteiger partial charge < -0.3 is 9.47 Å². The Morgan fingerprint density at radius 3 is 3.10 bits per heavy atom. The number of carbonyl (C=O) groups excluding carboxylic acids is 1. The maximum absolute atomic E-state index is 12.4. The third-order valence-corrected chi connectivity index (χ3v) is 3.90. The van der Waals surface area contributed by atoms with E-state index in [-0.39, 0.29) is 11.9 Å². The average Bonchev–Trinajstić information content (AvgIpc) is 2.96. The zero-order valence-electron chi connectivity index (χ0n) is 11.6. The number of carbonyl (C=O) groups is 1. The molecule has 3 rings (SSSR count). The summed E-state index contributed by atoms with van der Waals surface area (Å²) in [7, 11) is 0. The summed E-state index contributed by atoms with van der Waals surface area (Å²) in [6, 6.07) is 6.14. The van der Waals surface area contributed by atoms with Crippen molar-refractivity contribution in [2.45, 2.75) is 32.4 Å². The van der Waals surface area contributed by atoms with Gasteiger partial charge >= 0.3 is 0 Å². The predicted molar refractivity (Wildman–Crippen MR) is 74.9 cm³/mol. The molecule has 1 amide bonds. The third-order valence-electron chi connectivity index (χ3n) is 3.90. The molecule has 1 aliphatic rings. The van der Waals surface area contributed by atoms with Crippen LogP contribution >= 0.6 is 0 Å². The quantitative estimate of drug-likeness (QED) is 0.854. The lowest BCUT2D eigenvalue weighted by Crippen LogP contribution is -2.40. The number of aromatic nitrogens is 3. The van der Waals surface area contributed by atoms with Crippen LogP contribution in [0.5, 0.6) is 0 Å². The molecule has 104 valence electrons. The third kappa shape index (κ3) is 2.43. The van der Waals surface area contributed by atoms with Gasteiger partial charge in [0.2, 0.25) is 5.91 Å². The molecular weight excluding hydrogens is 252 g/mol. The Morgan fingerprint density at radius 2 is 2.30 bits per heavy atom. The van der Waals surface area contributed by atoms with Gasteiger partial charge in [-0.05, 0) is 31.5 Å². The molecule has 0 radical (unpaired) electrons. The summed E-state index contributed by atoms with van der Waals surface area (Å²) in [6.07, 6.45) is 6.49. The first kappa shape index (κ1) is 12.8. The van der Waals surface area contributed by atoms with Gasteiger partial charge in [0, 0.05) is 43.3 Å². The summed E-state index contributed by atoms with van der Waals surface area (Å²) in [5, 5.41) is 0. The van der Waals surface area contributed by atoms with E-state index in [1.807, 2.05) is 17.0 Å². The Kier molecular flexibility index (Phi) is 3.50. The molecule has 1 aliphatic heterocycles. The van der Waals surface area contributed by atoms with Crippen molar-refractivity contribution >= 4 is 5.91 Å². The average molecular weight is 270 g/mol. The molecular formula is C15H18N4O. The van der Waals surface area contributed by atoms with Gasteiger partial charge in [-0.1, -0.05) is 0 Å². The van der Waals surface area contributed by atoms with Crippen LogP contribution in [0.4, 0.5) is 0 Å². The van der Waals surface area contributed by atoms with Gasteiger partial charge in [-0.2, -0.15) is 0 Å². The fourth-order valence-corrected chi connectivity index (χ4v) is 2.76. The second kappa shape index (κ2) is 5.45. The number of rotatable bonds is 3. The molecule has 20 heavy (non-hydrogen) atoms. The molecule has 0 aliphatic carbocycles. The van der Waals surface area contributed by atoms with Crippen molar-refractivity contribution in [1.29, 1.82) is 0 Å². The molecule has 2 aromatic heterocycles. The fraction of sp³-hybridized carbons (Fsp3) is 0.400. The lowest BCUT2D eigenvalue weighted by molar-refractivity contribution is -0.134. The molecule has 3 heterocycles. The Bertz CT molecular complexity index is 593. The normalized spacial score (nSPS) is 17.9. The number of hydrogen-bond acceptors (Lipinski definition) is 3. The second-order valence-corrected chi connectivity index (χ2v) is 5.09. The Morgan fingerprint density at radius 1 is 1.40 bits per heavy atom. The summed E-state index contributed by atoms with van der Waals surface area (Å²) >= 11 is 0. The van der Waals surface area contributed by atoms with E-state index in [1.165, 1.54) is 12.0 Å². The number of nitrogens with zero attached hydrogens (tertiary/aromatic N) is 4. The summed E-state index contributed by atoms with van der Waals surface area (Å²) < 4.78 is 2.22.